The molecule has 0 aromatic carbocycles. The Labute approximate surface area is 96.0 Å². The monoisotopic (exact) mass is 226 g/mol. The highest BCUT2D eigenvalue weighted by Gasteiger charge is 2.29. The normalized spacial score (nSPS) is 12.2. The number of quaternary nitrogens is 1. The lowest BCUT2D eigenvalue weighted by Gasteiger charge is -2.30. The molecule has 1 heterocycles. The second-order valence-electron chi connectivity index (χ2n) is 4.26. The van der Waals surface area contributed by atoms with Crippen molar-refractivity contribution in [2.24, 2.45) is 0 Å². The van der Waals surface area contributed by atoms with Gasteiger partial charge >= 0.3 is 5.97 Å². The Hall–Kier alpha value is -1.62. The number of aromatic amines is 1. The van der Waals surface area contributed by atoms with Crippen LogP contribution in [-0.4, -0.2) is 52.7 Å². The molecular formula is C11H20N3O2+. The Morgan fingerprint density at radius 3 is 2.38 bits per heavy atom. The number of carbonyl (C=O) groups is 1. The third-order valence-electron chi connectivity index (χ3n) is 2.02. The molecule has 0 aliphatic rings. The molecule has 1 rings (SSSR count). The van der Waals surface area contributed by atoms with Gasteiger partial charge < -0.3 is 14.6 Å². The summed E-state index contributed by atoms with van der Waals surface area (Å²) in [6.07, 6.45) is 7.24. The van der Waals surface area contributed by atoms with Crippen LogP contribution in [0.1, 0.15) is 6.42 Å². The third-order valence-corrected chi connectivity index (χ3v) is 2.02. The number of rotatable bonds is 4. The van der Waals surface area contributed by atoms with Crippen molar-refractivity contribution in [3.63, 3.8) is 0 Å². The molecule has 90 valence electrons. The van der Waals surface area contributed by atoms with E-state index in [1.807, 2.05) is 21.1 Å². The minimum absolute atomic E-state index is 0.382. The van der Waals surface area contributed by atoms with Gasteiger partial charge in [-0.1, -0.05) is 6.08 Å². The van der Waals surface area contributed by atoms with Crippen LogP contribution in [0.15, 0.2) is 31.4 Å². The van der Waals surface area contributed by atoms with Gasteiger partial charge in [-0.3, -0.25) is 0 Å². The zero-order chi connectivity index (χ0) is 12.6. The summed E-state index contributed by atoms with van der Waals surface area (Å²) in [5, 5.41) is 8.78. The van der Waals surface area contributed by atoms with Crippen molar-refractivity contribution in [1.29, 1.82) is 0 Å². The molecule has 0 aliphatic heterocycles. The number of nitrogens with zero attached hydrogens (tertiary/aromatic N) is 2. The van der Waals surface area contributed by atoms with E-state index in [2.05, 4.69) is 16.5 Å². The van der Waals surface area contributed by atoms with Crippen molar-refractivity contribution in [3.05, 3.63) is 31.4 Å². The number of H-pyrrole nitrogens is 1. The van der Waals surface area contributed by atoms with E-state index in [9.17, 15) is 4.79 Å². The first-order valence-corrected chi connectivity index (χ1v) is 4.97. The molecular weight excluding hydrogens is 206 g/mol. The van der Waals surface area contributed by atoms with Crippen molar-refractivity contribution >= 4 is 5.97 Å². The van der Waals surface area contributed by atoms with Crippen LogP contribution >= 0.6 is 0 Å². The van der Waals surface area contributed by atoms with Crippen LogP contribution in [-0.2, 0) is 4.79 Å². The van der Waals surface area contributed by atoms with Crippen LogP contribution in [0.5, 0.6) is 0 Å². The summed E-state index contributed by atoms with van der Waals surface area (Å²) in [4.78, 5) is 17.1. The van der Waals surface area contributed by atoms with E-state index in [1.165, 1.54) is 0 Å². The van der Waals surface area contributed by atoms with Gasteiger partial charge in [0.25, 0.3) is 0 Å². The van der Waals surface area contributed by atoms with E-state index in [-0.39, 0.29) is 6.04 Å². The number of imidazole rings is 1. The standard InChI is InChI=1S/C8H15NO2.C3H4N2/c1-5-6-7(8(10)11)9(2,3)4;1-2-5-3-4-1/h5,7H,1,6H2,2-4H3;1-3H,(H,4,5)/p+1. The summed E-state index contributed by atoms with van der Waals surface area (Å²) in [7, 11) is 5.59. The van der Waals surface area contributed by atoms with E-state index < -0.39 is 5.97 Å². The van der Waals surface area contributed by atoms with E-state index >= 15 is 0 Å². The third kappa shape index (κ3) is 5.98. The first-order valence-electron chi connectivity index (χ1n) is 4.97. The largest absolute Gasteiger partial charge is 0.477 e. The van der Waals surface area contributed by atoms with Gasteiger partial charge in [-0.25, -0.2) is 9.78 Å². The van der Waals surface area contributed by atoms with Gasteiger partial charge in [-0.15, -0.1) is 6.58 Å². The minimum atomic E-state index is -0.766. The zero-order valence-corrected chi connectivity index (χ0v) is 10.1. The van der Waals surface area contributed by atoms with Gasteiger partial charge in [0.05, 0.1) is 27.5 Å². The van der Waals surface area contributed by atoms with Crippen LogP contribution in [0, 0.1) is 0 Å². The number of aromatic nitrogens is 2. The molecule has 1 aromatic heterocycles. The first kappa shape index (κ1) is 14.4. The number of carboxylic acid groups (broad SMARTS) is 1. The smallest absolute Gasteiger partial charge is 0.362 e. The number of carboxylic acids is 1. The van der Waals surface area contributed by atoms with Gasteiger partial charge in [0.2, 0.25) is 0 Å². The Morgan fingerprint density at radius 1 is 1.62 bits per heavy atom. The van der Waals surface area contributed by atoms with Gasteiger partial charge in [0.1, 0.15) is 0 Å². The quantitative estimate of drug-likeness (QED) is 0.597. The van der Waals surface area contributed by atoms with E-state index in [1.54, 1.807) is 24.8 Å². The first-order chi connectivity index (χ1) is 7.39. The number of hydrogen-bond acceptors (Lipinski definition) is 2. The van der Waals surface area contributed by atoms with Gasteiger partial charge in [0.15, 0.2) is 6.04 Å². The predicted octanol–water partition coefficient (Wildman–Crippen LogP) is 1.13. The molecule has 0 aliphatic carbocycles. The van der Waals surface area contributed by atoms with Crippen molar-refractivity contribution in [3.8, 4) is 0 Å². The Kier molecular flexibility index (Phi) is 6.10. The highest BCUT2D eigenvalue weighted by atomic mass is 16.4. The zero-order valence-electron chi connectivity index (χ0n) is 10.1. The lowest BCUT2D eigenvalue weighted by Crippen LogP contribution is -2.49. The van der Waals surface area contributed by atoms with E-state index in [0.717, 1.165) is 0 Å². The molecule has 1 unspecified atom stereocenters. The fourth-order valence-electron chi connectivity index (χ4n) is 1.12. The highest BCUT2D eigenvalue weighted by Crippen LogP contribution is 2.07. The summed E-state index contributed by atoms with van der Waals surface area (Å²) >= 11 is 0. The molecule has 0 bridgehead atoms. The molecule has 0 saturated heterocycles. The SMILES string of the molecule is C=CCC(C(=O)O)[N+](C)(C)C.c1c[nH]cn1. The highest BCUT2D eigenvalue weighted by molar-refractivity contribution is 5.72. The molecule has 16 heavy (non-hydrogen) atoms. The Morgan fingerprint density at radius 2 is 2.25 bits per heavy atom. The summed E-state index contributed by atoms with van der Waals surface area (Å²) in [5.74, 6) is -0.766. The lowest BCUT2D eigenvalue weighted by molar-refractivity contribution is -0.886. The molecule has 1 atom stereocenters. The number of nitrogens with one attached hydrogen (secondary N) is 1. The molecule has 0 saturated carbocycles. The molecule has 0 fully saturated rings. The van der Waals surface area contributed by atoms with Gasteiger partial charge in [-0.05, 0) is 0 Å². The Bertz CT molecular complexity index is 284. The van der Waals surface area contributed by atoms with Crippen molar-refractivity contribution in [1.82, 2.24) is 9.97 Å². The molecule has 5 nitrogen and oxygen atoms in total. The number of hydrogen-bond donors (Lipinski definition) is 2. The van der Waals surface area contributed by atoms with Crippen LogP contribution < -0.4 is 0 Å². The lowest BCUT2D eigenvalue weighted by atomic mass is 10.1. The van der Waals surface area contributed by atoms with Crippen molar-refractivity contribution in [2.45, 2.75) is 12.5 Å². The fourth-order valence-corrected chi connectivity index (χ4v) is 1.12. The predicted molar refractivity (Wildman–Crippen MR) is 62.9 cm³/mol. The summed E-state index contributed by atoms with van der Waals surface area (Å²) < 4.78 is 0.432. The van der Waals surface area contributed by atoms with Gasteiger partial charge in [0, 0.05) is 18.8 Å². The van der Waals surface area contributed by atoms with Crippen LogP contribution in [0.25, 0.3) is 0 Å². The van der Waals surface area contributed by atoms with Crippen LogP contribution in [0.3, 0.4) is 0 Å². The van der Waals surface area contributed by atoms with E-state index in [4.69, 9.17) is 5.11 Å². The summed E-state index contributed by atoms with van der Waals surface area (Å²) in [5.41, 5.74) is 0. The maximum atomic E-state index is 10.7. The second-order valence-corrected chi connectivity index (χ2v) is 4.26. The molecule has 0 amide bonds. The average molecular weight is 226 g/mol. The number of likely N-dealkylation sites (N-methyl/N-ethyl adjacent to an activating group) is 1. The Balaban J connectivity index is 0.000000368. The maximum Gasteiger partial charge on any atom is 0.362 e. The molecule has 0 radical (unpaired) electrons. The van der Waals surface area contributed by atoms with Crippen LogP contribution in [0.4, 0.5) is 0 Å². The topological polar surface area (TPSA) is 66.0 Å². The molecule has 0 spiro atoms. The fraction of sp³-hybridized carbons (Fsp3) is 0.455. The second kappa shape index (κ2) is 6.79. The molecule has 2 N–H and O–H groups in total. The van der Waals surface area contributed by atoms with Gasteiger partial charge in [-0.2, -0.15) is 0 Å². The van der Waals surface area contributed by atoms with Crippen LogP contribution in [0.2, 0.25) is 0 Å². The summed E-state index contributed by atoms with van der Waals surface area (Å²) in [6, 6.07) is -0.382. The summed E-state index contributed by atoms with van der Waals surface area (Å²) in [6.45, 7) is 3.52. The van der Waals surface area contributed by atoms with Crippen molar-refractivity contribution < 1.29 is 14.4 Å². The minimum Gasteiger partial charge on any atom is -0.477 e. The molecule has 1 aromatic rings. The van der Waals surface area contributed by atoms with E-state index in [0.29, 0.717) is 10.9 Å². The molecule has 5 heteroatoms. The maximum absolute atomic E-state index is 10.7. The van der Waals surface area contributed by atoms with Crippen molar-refractivity contribution in [2.75, 3.05) is 21.1 Å². The number of aliphatic carboxylic acids is 1. The average Bonchev–Trinajstić information content (AvgIpc) is 2.69.